The number of aryl methyl sites for hydroxylation is 2. The van der Waals surface area contributed by atoms with Crippen LogP contribution < -0.4 is 0 Å². The first-order chi connectivity index (χ1) is 17.6. The summed E-state index contributed by atoms with van der Waals surface area (Å²) in [6, 6.07) is 23.1. The molecule has 0 heterocycles. The Hall–Kier alpha value is -3.37. The molecule has 3 aromatic rings. The molecule has 4 heteroatoms. The number of hydrogen-bond donors (Lipinski definition) is 0. The predicted octanol–water partition coefficient (Wildman–Crippen LogP) is 9.87. The number of nitrogens with zero attached hydrogens (tertiary/aromatic N) is 1. The lowest BCUT2D eigenvalue weighted by atomic mass is 10.0. The Morgan fingerprint density at radius 3 is 1.78 bits per heavy atom. The van der Waals surface area contributed by atoms with E-state index >= 15 is 0 Å². The van der Waals surface area contributed by atoms with Crippen molar-refractivity contribution >= 4 is 28.1 Å². The molecule has 3 aromatic carbocycles. The second-order valence-electron chi connectivity index (χ2n) is 8.04. The molecule has 0 aliphatic carbocycles. The fraction of sp³-hybridized carbons (Fsp3) is 0.242. The molecule has 0 aromatic heterocycles. The fourth-order valence-electron chi connectivity index (χ4n) is 3.28. The molecule has 0 aliphatic rings. The van der Waals surface area contributed by atoms with Crippen molar-refractivity contribution in [3.8, 4) is 0 Å². The van der Waals surface area contributed by atoms with Crippen LogP contribution in [0.4, 0.5) is 4.39 Å². The molecule has 0 spiro atoms. The zero-order valence-electron chi connectivity index (χ0n) is 23.5. The average Bonchev–Trinajstić information content (AvgIpc) is 2.89. The number of carbonyl (C=O) groups excluding carboxylic acids is 1. The van der Waals surface area contributed by atoms with E-state index in [-0.39, 0.29) is 17.0 Å². The number of rotatable bonds is 7. The number of halogens is 1. The highest BCUT2D eigenvalue weighted by Crippen LogP contribution is 2.44. The Morgan fingerprint density at radius 2 is 1.30 bits per heavy atom. The van der Waals surface area contributed by atoms with Crippen molar-refractivity contribution in [2.45, 2.75) is 46.9 Å². The molecule has 2 nitrogen and oxygen atoms in total. The number of Topliss-reactive ketones (excluding diaryl/α,β-unsaturated/α-hetero) is 1. The maximum absolute atomic E-state index is 13.3. The highest BCUT2D eigenvalue weighted by atomic mass is 32.2. The smallest absolute Gasteiger partial charge is 0.126 e. The van der Waals surface area contributed by atoms with Crippen molar-refractivity contribution in [2.24, 2.45) is 0 Å². The molecule has 198 valence electrons. The Labute approximate surface area is 228 Å². The molecular formula is C33H42FNOS. The van der Waals surface area contributed by atoms with Crippen LogP contribution >= 0.6 is 11.8 Å². The van der Waals surface area contributed by atoms with Crippen molar-refractivity contribution in [3.63, 3.8) is 0 Å². The summed E-state index contributed by atoms with van der Waals surface area (Å²) in [5, 5.41) is -0.0131. The van der Waals surface area contributed by atoms with Crippen LogP contribution in [0.5, 0.6) is 0 Å². The van der Waals surface area contributed by atoms with Crippen molar-refractivity contribution < 1.29 is 9.18 Å². The van der Waals surface area contributed by atoms with Gasteiger partial charge in [-0.1, -0.05) is 99.4 Å². The van der Waals surface area contributed by atoms with Gasteiger partial charge in [-0.05, 0) is 62.1 Å². The first-order valence-electron chi connectivity index (χ1n) is 12.2. The third-order valence-corrected chi connectivity index (χ3v) is 6.42. The maximum atomic E-state index is 13.3. The number of thioether (sulfide) groups is 1. The Kier molecular flexibility index (Phi) is 16.3. The van der Waals surface area contributed by atoms with Gasteiger partial charge in [-0.25, -0.2) is 4.39 Å². The monoisotopic (exact) mass is 519 g/mol. The standard InChI is InChI=1S/C26H26FNS.C3H6O.C2H6.C2H4/c1-18-10-6-8-12-24(18)20(3)28(5)26(25-13-9-7-11-19(25)2)29-21(4)22-14-16-23(27)17-15-22;1-3(2)4;2*1-2/h6-17,26H,3-4H2,1-2,5H3;1-2H3;1-2H3;1-2H2. The summed E-state index contributed by atoms with van der Waals surface area (Å²) in [5.74, 6) is -0.0768. The highest BCUT2D eigenvalue weighted by molar-refractivity contribution is 8.08. The third-order valence-electron chi connectivity index (χ3n) is 5.11. The van der Waals surface area contributed by atoms with Gasteiger partial charge in [0.1, 0.15) is 17.0 Å². The van der Waals surface area contributed by atoms with E-state index in [0.717, 1.165) is 21.7 Å². The summed E-state index contributed by atoms with van der Waals surface area (Å²) in [6.07, 6.45) is 0. The van der Waals surface area contributed by atoms with E-state index in [1.165, 1.54) is 42.7 Å². The lowest BCUT2D eigenvalue weighted by Gasteiger charge is -2.33. The van der Waals surface area contributed by atoms with E-state index in [9.17, 15) is 9.18 Å². The van der Waals surface area contributed by atoms with E-state index < -0.39 is 0 Å². The molecule has 1 unspecified atom stereocenters. The lowest BCUT2D eigenvalue weighted by molar-refractivity contribution is -0.114. The lowest BCUT2D eigenvalue weighted by Crippen LogP contribution is -2.21. The largest absolute Gasteiger partial charge is 0.358 e. The summed E-state index contributed by atoms with van der Waals surface area (Å²) < 4.78 is 13.3. The van der Waals surface area contributed by atoms with E-state index in [4.69, 9.17) is 0 Å². The summed E-state index contributed by atoms with van der Waals surface area (Å²) in [7, 11) is 2.07. The minimum absolute atomic E-state index is 0.0131. The van der Waals surface area contributed by atoms with Crippen LogP contribution in [-0.2, 0) is 4.79 Å². The van der Waals surface area contributed by atoms with Gasteiger partial charge in [0.05, 0.1) is 0 Å². The second kappa shape index (κ2) is 18.0. The van der Waals surface area contributed by atoms with Gasteiger partial charge in [0.15, 0.2) is 0 Å². The first-order valence-corrected chi connectivity index (χ1v) is 13.1. The Balaban J connectivity index is 0.00000145. The van der Waals surface area contributed by atoms with Crippen molar-refractivity contribution in [2.75, 3.05) is 7.05 Å². The first kappa shape index (κ1) is 33.6. The maximum Gasteiger partial charge on any atom is 0.126 e. The van der Waals surface area contributed by atoms with Crippen LogP contribution in [0, 0.1) is 19.7 Å². The molecule has 0 bridgehead atoms. The van der Waals surface area contributed by atoms with E-state index in [2.05, 4.69) is 82.4 Å². The number of hydrogen-bond acceptors (Lipinski definition) is 3. The summed E-state index contributed by atoms with van der Waals surface area (Å²) >= 11 is 1.66. The van der Waals surface area contributed by atoms with Gasteiger partial charge < -0.3 is 9.69 Å². The molecule has 3 rings (SSSR count). The zero-order valence-corrected chi connectivity index (χ0v) is 24.3. The summed E-state index contributed by atoms with van der Waals surface area (Å²) in [6.45, 7) is 25.9. The molecule has 0 fully saturated rings. The normalized spacial score (nSPS) is 10.2. The van der Waals surface area contributed by atoms with Crippen molar-refractivity contribution in [1.29, 1.82) is 0 Å². The topological polar surface area (TPSA) is 20.3 Å². The minimum atomic E-state index is -0.243. The van der Waals surface area contributed by atoms with Gasteiger partial charge in [-0.15, -0.1) is 13.2 Å². The molecule has 0 saturated carbocycles. The van der Waals surface area contributed by atoms with E-state index in [0.29, 0.717) is 0 Å². The van der Waals surface area contributed by atoms with Crippen LogP contribution in [0.15, 0.2) is 99.1 Å². The molecular weight excluding hydrogens is 477 g/mol. The highest BCUT2D eigenvalue weighted by Gasteiger charge is 2.23. The predicted molar refractivity (Wildman–Crippen MR) is 164 cm³/mol. The molecule has 0 radical (unpaired) electrons. The van der Waals surface area contributed by atoms with Gasteiger partial charge in [0.2, 0.25) is 0 Å². The molecule has 37 heavy (non-hydrogen) atoms. The average molecular weight is 520 g/mol. The van der Waals surface area contributed by atoms with E-state index in [1.54, 1.807) is 23.9 Å². The van der Waals surface area contributed by atoms with Crippen LogP contribution in [0.25, 0.3) is 10.6 Å². The van der Waals surface area contributed by atoms with Gasteiger partial charge in [0, 0.05) is 23.2 Å². The van der Waals surface area contributed by atoms with Crippen LogP contribution in [0.3, 0.4) is 0 Å². The van der Waals surface area contributed by atoms with Gasteiger partial charge in [-0.2, -0.15) is 0 Å². The minimum Gasteiger partial charge on any atom is -0.358 e. The van der Waals surface area contributed by atoms with E-state index in [1.807, 2.05) is 32.0 Å². The number of benzene rings is 3. The van der Waals surface area contributed by atoms with Gasteiger partial charge in [0.25, 0.3) is 0 Å². The zero-order chi connectivity index (χ0) is 28.5. The number of ketones is 1. The third kappa shape index (κ3) is 11.1. The van der Waals surface area contributed by atoms with Crippen LogP contribution in [-0.4, -0.2) is 17.7 Å². The fourth-order valence-corrected chi connectivity index (χ4v) is 4.50. The van der Waals surface area contributed by atoms with Crippen molar-refractivity contribution in [1.82, 2.24) is 4.90 Å². The number of carbonyl (C=O) groups is 1. The van der Waals surface area contributed by atoms with Crippen molar-refractivity contribution in [3.05, 3.63) is 133 Å². The SMILES string of the molecule is C=C.C=C(SC(c1ccccc1C)N(C)C(=C)c1ccccc1C)c1ccc(F)cc1.CC.CC(C)=O. The van der Waals surface area contributed by atoms with Crippen LogP contribution in [0.1, 0.15) is 60.9 Å². The van der Waals surface area contributed by atoms with Gasteiger partial charge >= 0.3 is 0 Å². The molecule has 0 aliphatic heterocycles. The Bertz CT molecular complexity index is 1130. The van der Waals surface area contributed by atoms with Gasteiger partial charge in [-0.3, -0.25) is 0 Å². The molecule has 0 N–H and O–H groups in total. The molecule has 0 amide bonds. The summed E-state index contributed by atoms with van der Waals surface area (Å²) in [5.41, 5.74) is 6.61. The van der Waals surface area contributed by atoms with Crippen LogP contribution in [0.2, 0.25) is 0 Å². The summed E-state index contributed by atoms with van der Waals surface area (Å²) in [4.78, 5) is 12.5. The second-order valence-corrected chi connectivity index (χ2v) is 9.21. The molecule has 0 saturated heterocycles. The quantitative estimate of drug-likeness (QED) is 0.229. The molecule has 1 atom stereocenters. The Morgan fingerprint density at radius 1 is 0.838 bits per heavy atom.